The molecule has 2 N–H and O–H groups in total. The van der Waals surface area contributed by atoms with Crippen LogP contribution in [0, 0.1) is 5.92 Å². The molecule has 0 aliphatic heterocycles. The molecule has 7 nitrogen and oxygen atoms in total. The van der Waals surface area contributed by atoms with Crippen LogP contribution in [0.5, 0.6) is 0 Å². The maximum absolute atomic E-state index is 13.2. The van der Waals surface area contributed by atoms with Gasteiger partial charge < -0.3 is 20.1 Å². The van der Waals surface area contributed by atoms with E-state index < -0.39 is 29.7 Å². The highest BCUT2D eigenvalue weighted by Crippen LogP contribution is 2.18. The van der Waals surface area contributed by atoms with Gasteiger partial charge in [-0.25, -0.2) is 9.59 Å². The summed E-state index contributed by atoms with van der Waals surface area (Å²) in [6, 6.07) is 7.19. The van der Waals surface area contributed by atoms with E-state index in [1.807, 2.05) is 20.8 Å². The maximum Gasteiger partial charge on any atom is 0.407 e. The summed E-state index contributed by atoms with van der Waals surface area (Å²) in [5, 5.41) is 12.7. The minimum atomic E-state index is -1.05. The Bertz CT molecular complexity index is 699. The van der Waals surface area contributed by atoms with Crippen molar-refractivity contribution in [1.29, 1.82) is 0 Å². The number of hydrogen-bond donors (Lipinski definition) is 2. The van der Waals surface area contributed by atoms with Gasteiger partial charge in [-0.1, -0.05) is 51.8 Å². The van der Waals surface area contributed by atoms with Crippen LogP contribution in [0.25, 0.3) is 0 Å². The number of carbonyl (C=O) groups is 3. The van der Waals surface area contributed by atoms with E-state index >= 15 is 0 Å². The number of alkyl carbamates (subject to hydrolysis) is 1. The summed E-state index contributed by atoms with van der Waals surface area (Å²) >= 11 is 0. The number of aliphatic carboxylic acids is 1. The molecule has 0 aliphatic rings. The van der Waals surface area contributed by atoms with Crippen LogP contribution in [-0.2, 0) is 9.53 Å². The van der Waals surface area contributed by atoms with E-state index in [0.29, 0.717) is 18.4 Å². The second-order valence-corrected chi connectivity index (χ2v) is 8.60. The monoisotopic (exact) mass is 420 g/mol. The molecule has 30 heavy (non-hydrogen) atoms. The van der Waals surface area contributed by atoms with Gasteiger partial charge >= 0.3 is 12.1 Å². The minimum Gasteiger partial charge on any atom is -0.480 e. The van der Waals surface area contributed by atoms with E-state index in [4.69, 9.17) is 4.74 Å². The predicted octanol–water partition coefficient (Wildman–Crippen LogP) is 4.32. The zero-order valence-corrected chi connectivity index (χ0v) is 19.0. The number of hydrogen-bond acceptors (Lipinski definition) is 4. The van der Waals surface area contributed by atoms with Crippen molar-refractivity contribution in [2.75, 3.05) is 6.54 Å². The molecular formula is C23H36N2O5. The van der Waals surface area contributed by atoms with Gasteiger partial charge in [0.1, 0.15) is 11.6 Å². The Morgan fingerprint density at radius 2 is 1.73 bits per heavy atom. The van der Waals surface area contributed by atoms with Gasteiger partial charge in [0.05, 0.1) is 6.04 Å². The second kappa shape index (κ2) is 11.6. The van der Waals surface area contributed by atoms with Gasteiger partial charge in [0.25, 0.3) is 5.91 Å². The standard InChI is InChI=1S/C23H36N2O5/c1-7-12-19(21(27)28)25(20(26)17-13-10-9-11-14-17)15-18(16(3)8-2)24-22(29)30-23(4,5)6/h9-11,13-14,16,18-19H,7-8,12,15H2,1-6H3,(H,24,29)(H,27,28). The van der Waals surface area contributed by atoms with Gasteiger partial charge in [0.15, 0.2) is 0 Å². The molecule has 0 aromatic heterocycles. The van der Waals surface area contributed by atoms with Crippen LogP contribution in [-0.4, -0.2) is 52.2 Å². The van der Waals surface area contributed by atoms with Gasteiger partial charge in [-0.2, -0.15) is 0 Å². The van der Waals surface area contributed by atoms with Crippen molar-refractivity contribution in [3.8, 4) is 0 Å². The zero-order chi connectivity index (χ0) is 22.9. The molecule has 0 saturated carbocycles. The van der Waals surface area contributed by atoms with Gasteiger partial charge in [-0.3, -0.25) is 4.79 Å². The number of carbonyl (C=O) groups excluding carboxylic acids is 2. The molecule has 7 heteroatoms. The molecule has 1 rings (SSSR count). The van der Waals surface area contributed by atoms with Gasteiger partial charge in [-0.15, -0.1) is 0 Å². The average molecular weight is 421 g/mol. The first-order valence-electron chi connectivity index (χ1n) is 10.6. The van der Waals surface area contributed by atoms with Crippen LogP contribution in [0.4, 0.5) is 4.79 Å². The normalized spacial score (nSPS) is 14.3. The number of nitrogens with zero attached hydrogens (tertiary/aromatic N) is 1. The lowest BCUT2D eigenvalue weighted by Gasteiger charge is -2.35. The fraction of sp³-hybridized carbons (Fsp3) is 0.609. The molecule has 168 valence electrons. The number of carboxylic acids is 1. The van der Waals surface area contributed by atoms with E-state index in [1.54, 1.807) is 51.1 Å². The second-order valence-electron chi connectivity index (χ2n) is 8.60. The van der Waals surface area contributed by atoms with E-state index in [1.165, 1.54) is 4.90 Å². The van der Waals surface area contributed by atoms with Crippen molar-refractivity contribution >= 4 is 18.0 Å². The predicted molar refractivity (Wildman–Crippen MR) is 116 cm³/mol. The van der Waals surface area contributed by atoms with Crippen LogP contribution in [0.3, 0.4) is 0 Å². The highest BCUT2D eigenvalue weighted by Gasteiger charge is 2.34. The molecule has 0 heterocycles. The van der Waals surface area contributed by atoms with Crippen LogP contribution in [0.15, 0.2) is 30.3 Å². The number of rotatable bonds is 10. The van der Waals surface area contributed by atoms with E-state index in [0.717, 1.165) is 6.42 Å². The summed E-state index contributed by atoms with van der Waals surface area (Å²) < 4.78 is 5.38. The molecule has 2 amide bonds. The van der Waals surface area contributed by atoms with Crippen LogP contribution in [0.2, 0.25) is 0 Å². The lowest BCUT2D eigenvalue weighted by Crippen LogP contribution is -2.54. The molecule has 3 unspecified atom stereocenters. The number of ether oxygens (including phenoxy) is 1. The van der Waals surface area contributed by atoms with E-state index in [2.05, 4.69) is 5.32 Å². The SMILES string of the molecule is CCCC(C(=O)O)N(CC(NC(=O)OC(C)(C)C)C(C)CC)C(=O)c1ccccc1. The topological polar surface area (TPSA) is 95.9 Å². The summed E-state index contributed by atoms with van der Waals surface area (Å²) in [4.78, 5) is 39.0. The van der Waals surface area contributed by atoms with Crippen LogP contribution in [0.1, 0.15) is 71.2 Å². The Labute approximate surface area is 179 Å². The smallest absolute Gasteiger partial charge is 0.407 e. The zero-order valence-electron chi connectivity index (χ0n) is 19.0. The van der Waals surface area contributed by atoms with Gasteiger partial charge in [0, 0.05) is 12.1 Å². The van der Waals surface area contributed by atoms with Crippen molar-refractivity contribution in [2.24, 2.45) is 5.92 Å². The fourth-order valence-electron chi connectivity index (χ4n) is 3.11. The summed E-state index contributed by atoms with van der Waals surface area (Å²) in [5.74, 6) is -1.41. The molecule has 1 aromatic rings. The van der Waals surface area contributed by atoms with Crippen LogP contribution >= 0.6 is 0 Å². The maximum atomic E-state index is 13.2. The molecule has 0 saturated heterocycles. The lowest BCUT2D eigenvalue weighted by molar-refractivity contribution is -0.142. The molecule has 3 atom stereocenters. The summed E-state index contributed by atoms with van der Waals surface area (Å²) in [5.41, 5.74) is -0.241. The summed E-state index contributed by atoms with van der Waals surface area (Å²) in [7, 11) is 0. The Balaban J connectivity index is 3.22. The van der Waals surface area contributed by atoms with Crippen molar-refractivity contribution in [3.63, 3.8) is 0 Å². The average Bonchev–Trinajstić information content (AvgIpc) is 2.67. The highest BCUT2D eigenvalue weighted by molar-refractivity contribution is 5.96. The first-order chi connectivity index (χ1) is 14.0. The van der Waals surface area contributed by atoms with E-state index in [-0.39, 0.29) is 18.4 Å². The molecule has 0 spiro atoms. The lowest BCUT2D eigenvalue weighted by atomic mass is 9.97. The molecule has 0 fully saturated rings. The Morgan fingerprint density at radius 1 is 1.13 bits per heavy atom. The highest BCUT2D eigenvalue weighted by atomic mass is 16.6. The molecule has 0 bridgehead atoms. The van der Waals surface area contributed by atoms with Crippen molar-refractivity contribution < 1.29 is 24.2 Å². The molecule has 1 aromatic carbocycles. The van der Waals surface area contributed by atoms with Gasteiger partial charge in [-0.05, 0) is 45.2 Å². The van der Waals surface area contributed by atoms with Gasteiger partial charge in [0.2, 0.25) is 0 Å². The molecule has 0 radical (unpaired) electrons. The van der Waals surface area contributed by atoms with Crippen molar-refractivity contribution in [2.45, 2.75) is 78.5 Å². The molecular weight excluding hydrogens is 384 g/mol. The number of amides is 2. The van der Waals surface area contributed by atoms with E-state index in [9.17, 15) is 19.5 Å². The third-order valence-corrected chi connectivity index (χ3v) is 4.93. The Morgan fingerprint density at radius 3 is 2.20 bits per heavy atom. The number of nitrogens with one attached hydrogen (secondary N) is 1. The van der Waals surface area contributed by atoms with Crippen molar-refractivity contribution in [1.82, 2.24) is 10.2 Å². The third-order valence-electron chi connectivity index (χ3n) is 4.93. The number of carboxylic acid groups (broad SMARTS) is 1. The van der Waals surface area contributed by atoms with Crippen LogP contribution < -0.4 is 5.32 Å². The fourth-order valence-corrected chi connectivity index (χ4v) is 3.11. The first kappa shape index (κ1) is 25.5. The quantitative estimate of drug-likeness (QED) is 0.588. The third kappa shape index (κ3) is 8.05. The number of benzene rings is 1. The summed E-state index contributed by atoms with van der Waals surface area (Å²) in [6.07, 6.45) is 1.11. The van der Waals surface area contributed by atoms with Crippen molar-refractivity contribution in [3.05, 3.63) is 35.9 Å². The Kier molecular flexibility index (Phi) is 9.82. The largest absolute Gasteiger partial charge is 0.480 e. The summed E-state index contributed by atoms with van der Waals surface area (Å²) in [6.45, 7) is 11.2. The first-order valence-corrected chi connectivity index (χ1v) is 10.6. The minimum absolute atomic E-state index is 0.0136. The molecule has 0 aliphatic carbocycles. The Hall–Kier alpha value is -2.57.